The predicted octanol–water partition coefficient (Wildman–Crippen LogP) is 13.6. The van der Waals surface area contributed by atoms with Gasteiger partial charge in [0, 0.05) is 19.3 Å². The van der Waals surface area contributed by atoms with E-state index in [9.17, 15) is 19.5 Å². The van der Waals surface area contributed by atoms with Crippen LogP contribution >= 0.6 is 0 Å². The Hall–Kier alpha value is -4.27. The molecule has 0 spiro atoms. The molecule has 372 valence electrons. The second-order valence-corrected chi connectivity index (χ2v) is 17.6. The summed E-state index contributed by atoms with van der Waals surface area (Å²) >= 11 is 0. The molecule has 8 heteroatoms. The molecule has 0 aliphatic heterocycles. The molecule has 0 rings (SSSR count). The number of rotatable bonds is 44. The molecule has 0 bridgehead atoms. The number of hydrogen-bond acceptors (Lipinski definition) is 7. The molecule has 0 fully saturated rings. The zero-order valence-electron chi connectivity index (χ0n) is 42.3. The molecule has 0 aliphatic rings. The van der Waals surface area contributed by atoms with Crippen molar-refractivity contribution >= 4 is 17.9 Å². The van der Waals surface area contributed by atoms with Gasteiger partial charge in [-0.05, 0) is 103 Å². The molecular formula is C58H93NO7. The van der Waals surface area contributed by atoms with Crippen molar-refractivity contribution in [3.63, 3.8) is 0 Å². The SMILES string of the molecule is CC/C=C/C/C=C/C/C=C/C/C=C/C/C=C/CCCCCCCCC(=O)OC(COCCC(C(=O)[O-])[N+](C)(C)C)COC(=O)CCCCCC/C=C/C/C=C/C/C=C/C/C=C/C/C=C/CC. The van der Waals surface area contributed by atoms with E-state index >= 15 is 0 Å². The summed E-state index contributed by atoms with van der Waals surface area (Å²) in [6, 6.07) is -0.742. The van der Waals surface area contributed by atoms with Crippen molar-refractivity contribution in [3.05, 3.63) is 122 Å². The molecule has 0 aromatic heterocycles. The van der Waals surface area contributed by atoms with Crippen molar-refractivity contribution in [2.75, 3.05) is 41.0 Å². The Labute approximate surface area is 403 Å². The molecule has 0 aromatic carbocycles. The fraction of sp³-hybridized carbons (Fsp3) is 0.603. The number of nitrogens with zero attached hydrogens (tertiary/aromatic N) is 1. The maximum absolute atomic E-state index is 12.8. The van der Waals surface area contributed by atoms with Crippen molar-refractivity contribution in [1.82, 2.24) is 0 Å². The Morgan fingerprint density at radius 1 is 0.455 bits per heavy atom. The highest BCUT2D eigenvalue weighted by molar-refractivity contribution is 5.70. The van der Waals surface area contributed by atoms with Crippen LogP contribution in [0.2, 0.25) is 0 Å². The van der Waals surface area contributed by atoms with Crippen LogP contribution in [0, 0.1) is 0 Å². The van der Waals surface area contributed by atoms with Gasteiger partial charge in [-0.2, -0.15) is 0 Å². The van der Waals surface area contributed by atoms with E-state index in [1.807, 2.05) is 0 Å². The minimum Gasteiger partial charge on any atom is -0.544 e. The number of likely N-dealkylation sites (N-methyl/N-ethyl adjacent to an activating group) is 1. The first-order chi connectivity index (χ1) is 32.1. The van der Waals surface area contributed by atoms with Gasteiger partial charge in [-0.1, -0.05) is 174 Å². The van der Waals surface area contributed by atoms with Crippen molar-refractivity contribution in [2.45, 2.75) is 187 Å². The molecule has 0 radical (unpaired) electrons. The third-order valence-electron chi connectivity index (χ3n) is 10.6. The van der Waals surface area contributed by atoms with Gasteiger partial charge < -0.3 is 28.6 Å². The molecule has 0 heterocycles. The highest BCUT2D eigenvalue weighted by Crippen LogP contribution is 2.13. The lowest BCUT2D eigenvalue weighted by Crippen LogP contribution is -2.55. The molecule has 66 heavy (non-hydrogen) atoms. The number of esters is 2. The van der Waals surface area contributed by atoms with Crippen LogP contribution in [0.5, 0.6) is 0 Å². The first-order valence-electron chi connectivity index (χ1n) is 25.6. The third kappa shape index (κ3) is 44.9. The molecule has 0 aromatic rings. The predicted molar refractivity (Wildman–Crippen MR) is 277 cm³/mol. The van der Waals surface area contributed by atoms with Crippen LogP contribution in [-0.2, 0) is 28.6 Å². The minimum absolute atomic E-state index is 0.0175. The largest absolute Gasteiger partial charge is 0.544 e. The van der Waals surface area contributed by atoms with Gasteiger partial charge in [-0.3, -0.25) is 9.59 Å². The average molecular weight is 916 g/mol. The molecule has 0 amide bonds. The minimum atomic E-state index is -1.14. The van der Waals surface area contributed by atoms with Crippen LogP contribution in [0.4, 0.5) is 0 Å². The number of aliphatic carboxylic acids is 1. The van der Waals surface area contributed by atoms with Crippen LogP contribution in [-0.4, -0.2) is 75.5 Å². The van der Waals surface area contributed by atoms with E-state index in [1.165, 1.54) is 6.42 Å². The van der Waals surface area contributed by atoms with Gasteiger partial charge in [0.25, 0.3) is 0 Å². The number of carbonyl (C=O) groups is 3. The summed E-state index contributed by atoms with van der Waals surface area (Å²) in [7, 11) is 5.39. The van der Waals surface area contributed by atoms with Crippen molar-refractivity contribution in [1.29, 1.82) is 0 Å². The Bertz CT molecular complexity index is 1490. The normalized spacial score (nSPS) is 13.9. The molecule has 0 saturated carbocycles. The van der Waals surface area contributed by atoms with Crippen molar-refractivity contribution < 1.29 is 38.2 Å². The molecule has 2 atom stereocenters. The molecule has 0 N–H and O–H groups in total. The number of carboxylic acids is 1. The van der Waals surface area contributed by atoms with E-state index in [1.54, 1.807) is 21.1 Å². The number of quaternary nitrogens is 1. The molecule has 8 nitrogen and oxygen atoms in total. The van der Waals surface area contributed by atoms with Gasteiger partial charge in [0.15, 0.2) is 6.10 Å². The summed E-state index contributed by atoms with van der Waals surface area (Å²) in [5, 5.41) is 11.7. The lowest BCUT2D eigenvalue weighted by Gasteiger charge is -2.34. The fourth-order valence-electron chi connectivity index (χ4n) is 6.71. The third-order valence-corrected chi connectivity index (χ3v) is 10.6. The van der Waals surface area contributed by atoms with E-state index in [0.29, 0.717) is 12.8 Å². The number of allylic oxidation sites excluding steroid dienone is 20. The Kier molecular flexibility index (Phi) is 44.2. The van der Waals surface area contributed by atoms with Crippen molar-refractivity contribution in [3.8, 4) is 0 Å². The summed E-state index contributed by atoms with van der Waals surface area (Å²) in [5.74, 6) is -1.80. The number of carbonyl (C=O) groups excluding carboxylic acids is 3. The quantitative estimate of drug-likeness (QED) is 0.0260. The van der Waals surface area contributed by atoms with Crippen LogP contribution in [0.3, 0.4) is 0 Å². The second-order valence-electron chi connectivity index (χ2n) is 17.6. The van der Waals surface area contributed by atoms with Gasteiger partial charge in [-0.25, -0.2) is 0 Å². The maximum Gasteiger partial charge on any atom is 0.306 e. The lowest BCUT2D eigenvalue weighted by molar-refractivity contribution is -0.889. The van der Waals surface area contributed by atoms with Gasteiger partial charge in [0.05, 0.1) is 40.3 Å². The average Bonchev–Trinajstić information content (AvgIpc) is 3.28. The van der Waals surface area contributed by atoms with Crippen LogP contribution < -0.4 is 5.11 Å². The number of unbranched alkanes of at least 4 members (excludes halogenated alkanes) is 10. The zero-order valence-corrected chi connectivity index (χ0v) is 42.3. The highest BCUT2D eigenvalue weighted by Gasteiger charge is 2.25. The summed E-state index contributed by atoms with van der Waals surface area (Å²) in [6.45, 7) is 4.38. The van der Waals surface area contributed by atoms with Gasteiger partial charge >= 0.3 is 11.9 Å². The lowest BCUT2D eigenvalue weighted by atomic mass is 10.1. The number of hydrogen-bond donors (Lipinski definition) is 0. The Balaban J connectivity index is 4.37. The summed E-state index contributed by atoms with van der Waals surface area (Å²) in [6.07, 6.45) is 66.5. The van der Waals surface area contributed by atoms with Crippen LogP contribution in [0.1, 0.15) is 174 Å². The first kappa shape index (κ1) is 61.7. The van der Waals surface area contributed by atoms with E-state index in [4.69, 9.17) is 14.2 Å². The van der Waals surface area contributed by atoms with Crippen molar-refractivity contribution in [2.24, 2.45) is 0 Å². The standard InChI is InChI=1S/C58H93NO7/c1-6-8-10-12-14-16-18-20-22-24-26-28-29-31-33-35-37-39-41-43-45-47-49-57(61)66-54(52-64-51-50-55(58(62)63)59(3,4)5)53-65-56(60)48-46-44-42-40-38-36-34-32-30-27-25-23-21-19-17-15-13-11-9-7-2/h8-11,14-17,20-23,26-28,30-31,33-34,36,54-55H,6-7,12-13,18-19,24-25,29,32,35,37-53H2,1-5H3/b10-8+,11-9+,16-14+,17-15+,22-20+,23-21+,28-26+,30-27+,33-31+,36-34+. The molecule has 0 saturated heterocycles. The van der Waals surface area contributed by atoms with E-state index in [-0.39, 0.29) is 42.7 Å². The van der Waals surface area contributed by atoms with Gasteiger partial charge in [0.2, 0.25) is 0 Å². The summed E-state index contributed by atoms with van der Waals surface area (Å²) in [5.41, 5.74) is 0. The van der Waals surface area contributed by atoms with Gasteiger partial charge in [-0.15, -0.1) is 0 Å². The zero-order chi connectivity index (χ0) is 48.4. The van der Waals surface area contributed by atoms with E-state index < -0.39 is 18.1 Å². The van der Waals surface area contributed by atoms with E-state index in [0.717, 1.165) is 135 Å². The highest BCUT2D eigenvalue weighted by atomic mass is 16.6. The maximum atomic E-state index is 12.8. The molecular weight excluding hydrogens is 823 g/mol. The smallest absolute Gasteiger partial charge is 0.306 e. The Morgan fingerprint density at radius 3 is 1.18 bits per heavy atom. The Morgan fingerprint density at radius 2 is 0.803 bits per heavy atom. The topological polar surface area (TPSA) is 102 Å². The summed E-state index contributed by atoms with van der Waals surface area (Å²) < 4.78 is 17.2. The molecule has 0 aliphatic carbocycles. The van der Waals surface area contributed by atoms with E-state index in [2.05, 4.69) is 135 Å². The summed E-state index contributed by atoms with van der Waals surface area (Å²) in [4.78, 5) is 37.1. The second kappa shape index (κ2) is 47.2. The first-order valence-corrected chi connectivity index (χ1v) is 25.6. The van der Waals surface area contributed by atoms with Gasteiger partial charge in [0.1, 0.15) is 12.6 Å². The fourth-order valence-corrected chi connectivity index (χ4v) is 6.71. The van der Waals surface area contributed by atoms with Crippen LogP contribution in [0.15, 0.2) is 122 Å². The molecule has 2 unspecified atom stereocenters. The van der Waals surface area contributed by atoms with Crippen LogP contribution in [0.25, 0.3) is 0 Å². The number of carboxylic acid groups (broad SMARTS) is 1. The monoisotopic (exact) mass is 916 g/mol. The number of ether oxygens (including phenoxy) is 3.